The van der Waals surface area contributed by atoms with Crippen LogP contribution in [0.3, 0.4) is 0 Å². The number of likely N-dealkylation sites (tertiary alicyclic amines) is 1. The van der Waals surface area contributed by atoms with Crippen molar-refractivity contribution in [1.29, 1.82) is 0 Å². The molecule has 2 saturated carbocycles. The van der Waals surface area contributed by atoms with E-state index >= 15 is 0 Å². The molecule has 2 aliphatic carbocycles. The minimum Gasteiger partial charge on any atom is -0.335 e. The standard InChI is InChI=1S/C19H31N5O/c1-23-14-20-22-17(23)16-6-5-13-24(16)18(25)21-15-7-11-19(12-8-15)9-3-2-4-10-19/h14-16H,2-13H2,1H3,(H,21,25)/t16-/m0/s1. The summed E-state index contributed by atoms with van der Waals surface area (Å²) in [6.45, 7) is 0.819. The van der Waals surface area contributed by atoms with Gasteiger partial charge in [0.1, 0.15) is 6.33 Å². The first-order chi connectivity index (χ1) is 12.2. The van der Waals surface area contributed by atoms with Crippen molar-refractivity contribution in [3.63, 3.8) is 0 Å². The van der Waals surface area contributed by atoms with Crippen molar-refractivity contribution in [1.82, 2.24) is 25.0 Å². The van der Waals surface area contributed by atoms with Crippen molar-refractivity contribution in [2.75, 3.05) is 6.54 Å². The van der Waals surface area contributed by atoms with Gasteiger partial charge in [-0.1, -0.05) is 19.3 Å². The fourth-order valence-corrected chi connectivity index (χ4v) is 5.31. The number of aryl methyl sites for hydroxylation is 1. The highest BCUT2D eigenvalue weighted by Crippen LogP contribution is 2.47. The number of nitrogens with zero attached hydrogens (tertiary/aromatic N) is 4. The van der Waals surface area contributed by atoms with Gasteiger partial charge in [-0.05, 0) is 56.8 Å². The van der Waals surface area contributed by atoms with Crippen LogP contribution < -0.4 is 5.32 Å². The van der Waals surface area contributed by atoms with Gasteiger partial charge in [0.05, 0.1) is 6.04 Å². The van der Waals surface area contributed by atoms with E-state index in [-0.39, 0.29) is 12.1 Å². The fourth-order valence-electron chi connectivity index (χ4n) is 5.31. The van der Waals surface area contributed by atoms with Crippen molar-refractivity contribution in [3.8, 4) is 0 Å². The maximum Gasteiger partial charge on any atom is 0.318 e. The molecule has 1 aromatic rings. The minimum absolute atomic E-state index is 0.0702. The van der Waals surface area contributed by atoms with E-state index in [1.807, 2.05) is 16.5 Å². The zero-order valence-corrected chi connectivity index (χ0v) is 15.4. The molecule has 6 heteroatoms. The molecule has 0 bridgehead atoms. The van der Waals surface area contributed by atoms with Crippen LogP contribution in [0.4, 0.5) is 4.79 Å². The molecule has 1 saturated heterocycles. The van der Waals surface area contributed by atoms with E-state index in [4.69, 9.17) is 0 Å². The molecule has 1 atom stereocenters. The van der Waals surface area contributed by atoms with Gasteiger partial charge in [-0.3, -0.25) is 0 Å². The van der Waals surface area contributed by atoms with Gasteiger partial charge >= 0.3 is 6.03 Å². The van der Waals surface area contributed by atoms with Gasteiger partial charge in [0.2, 0.25) is 0 Å². The summed E-state index contributed by atoms with van der Waals surface area (Å²) in [6.07, 6.45) is 15.7. The van der Waals surface area contributed by atoms with Crippen molar-refractivity contribution >= 4 is 6.03 Å². The highest BCUT2D eigenvalue weighted by molar-refractivity contribution is 5.75. The monoisotopic (exact) mass is 345 g/mol. The van der Waals surface area contributed by atoms with Gasteiger partial charge in [0, 0.05) is 19.6 Å². The molecule has 25 heavy (non-hydrogen) atoms. The lowest BCUT2D eigenvalue weighted by Gasteiger charge is -2.43. The Balaban J connectivity index is 1.34. The molecule has 3 fully saturated rings. The fraction of sp³-hybridized carbons (Fsp3) is 0.842. The van der Waals surface area contributed by atoms with Gasteiger partial charge in [0.15, 0.2) is 5.82 Å². The first-order valence-corrected chi connectivity index (χ1v) is 10.1. The van der Waals surface area contributed by atoms with Gasteiger partial charge in [-0.25, -0.2) is 4.79 Å². The highest BCUT2D eigenvalue weighted by Gasteiger charge is 2.38. The van der Waals surface area contributed by atoms with Crippen LogP contribution in [0.15, 0.2) is 6.33 Å². The third kappa shape index (κ3) is 3.40. The molecule has 4 rings (SSSR count). The molecule has 1 aliphatic heterocycles. The quantitative estimate of drug-likeness (QED) is 0.891. The number of aromatic nitrogens is 3. The molecule has 0 aromatic carbocycles. The number of rotatable bonds is 2. The van der Waals surface area contributed by atoms with Crippen molar-refractivity contribution < 1.29 is 4.79 Å². The van der Waals surface area contributed by atoms with Gasteiger partial charge in [-0.15, -0.1) is 10.2 Å². The lowest BCUT2D eigenvalue weighted by Crippen LogP contribution is -2.47. The van der Waals surface area contributed by atoms with Crippen molar-refractivity contribution in [2.24, 2.45) is 12.5 Å². The molecule has 0 unspecified atom stereocenters. The molecule has 1 aromatic heterocycles. The molecule has 1 spiro atoms. The number of amides is 2. The van der Waals surface area contributed by atoms with E-state index < -0.39 is 0 Å². The van der Waals surface area contributed by atoms with Crippen molar-refractivity contribution in [3.05, 3.63) is 12.2 Å². The van der Waals surface area contributed by atoms with Crippen LogP contribution in [0.2, 0.25) is 0 Å². The maximum atomic E-state index is 12.9. The average Bonchev–Trinajstić information content (AvgIpc) is 3.26. The number of urea groups is 1. The van der Waals surface area contributed by atoms with E-state index in [1.54, 1.807) is 6.33 Å². The summed E-state index contributed by atoms with van der Waals surface area (Å²) in [5, 5.41) is 11.5. The maximum absolute atomic E-state index is 12.9. The molecule has 0 radical (unpaired) electrons. The van der Waals surface area contributed by atoms with Crippen LogP contribution in [0, 0.1) is 5.41 Å². The zero-order valence-electron chi connectivity index (χ0n) is 15.4. The molecule has 3 aliphatic rings. The van der Waals surface area contributed by atoms with Crippen LogP contribution in [0.25, 0.3) is 0 Å². The van der Waals surface area contributed by atoms with Crippen LogP contribution in [0.5, 0.6) is 0 Å². The largest absolute Gasteiger partial charge is 0.335 e. The highest BCUT2D eigenvalue weighted by atomic mass is 16.2. The lowest BCUT2D eigenvalue weighted by atomic mass is 9.64. The van der Waals surface area contributed by atoms with Gasteiger partial charge < -0.3 is 14.8 Å². The Morgan fingerprint density at radius 2 is 1.88 bits per heavy atom. The molecule has 138 valence electrons. The number of carbonyl (C=O) groups is 1. The zero-order chi connectivity index (χ0) is 17.3. The summed E-state index contributed by atoms with van der Waals surface area (Å²) >= 11 is 0. The van der Waals surface area contributed by atoms with Gasteiger partial charge in [-0.2, -0.15) is 0 Å². The van der Waals surface area contributed by atoms with Crippen molar-refractivity contribution in [2.45, 2.75) is 82.7 Å². The Bertz CT molecular complexity index is 597. The molecule has 2 heterocycles. The summed E-state index contributed by atoms with van der Waals surface area (Å²) in [7, 11) is 1.95. The average molecular weight is 345 g/mol. The van der Waals surface area contributed by atoms with E-state index in [0.29, 0.717) is 11.5 Å². The Labute approximate surface area is 150 Å². The minimum atomic E-state index is 0.0702. The lowest BCUT2D eigenvalue weighted by molar-refractivity contribution is 0.105. The molecule has 1 N–H and O–H groups in total. The van der Waals surface area contributed by atoms with E-state index in [9.17, 15) is 4.79 Å². The van der Waals surface area contributed by atoms with Crippen LogP contribution >= 0.6 is 0 Å². The third-order valence-electron chi connectivity index (χ3n) is 6.85. The Morgan fingerprint density at radius 1 is 1.12 bits per heavy atom. The predicted molar refractivity (Wildman–Crippen MR) is 96.0 cm³/mol. The predicted octanol–water partition coefficient (Wildman–Crippen LogP) is 3.55. The second-order valence-corrected chi connectivity index (χ2v) is 8.44. The molecule has 6 nitrogen and oxygen atoms in total. The smallest absolute Gasteiger partial charge is 0.318 e. The van der Waals surface area contributed by atoms with Crippen LogP contribution in [-0.4, -0.2) is 38.3 Å². The van der Waals surface area contributed by atoms with E-state index in [1.165, 1.54) is 44.9 Å². The summed E-state index contributed by atoms with van der Waals surface area (Å²) in [6, 6.07) is 0.511. The SMILES string of the molecule is Cn1cnnc1[C@@H]1CCCN1C(=O)NC1CCC2(CCCCC2)CC1. The Kier molecular flexibility index (Phi) is 4.69. The number of hydrogen-bond donors (Lipinski definition) is 1. The summed E-state index contributed by atoms with van der Waals surface area (Å²) < 4.78 is 1.93. The first kappa shape index (κ1) is 16.9. The Hall–Kier alpha value is -1.59. The van der Waals surface area contributed by atoms with E-state index in [0.717, 1.165) is 38.1 Å². The summed E-state index contributed by atoms with van der Waals surface area (Å²) in [5.74, 6) is 0.900. The number of hydrogen-bond acceptors (Lipinski definition) is 3. The first-order valence-electron chi connectivity index (χ1n) is 10.1. The normalized spacial score (nSPS) is 26.9. The molecule has 2 amide bonds. The summed E-state index contributed by atoms with van der Waals surface area (Å²) in [4.78, 5) is 14.8. The number of carbonyl (C=O) groups excluding carboxylic acids is 1. The second-order valence-electron chi connectivity index (χ2n) is 8.44. The second kappa shape index (κ2) is 6.96. The van der Waals surface area contributed by atoms with E-state index in [2.05, 4.69) is 15.5 Å². The van der Waals surface area contributed by atoms with Gasteiger partial charge in [0.25, 0.3) is 0 Å². The van der Waals surface area contributed by atoms with Crippen LogP contribution in [0.1, 0.15) is 82.5 Å². The Morgan fingerprint density at radius 3 is 2.56 bits per heavy atom. The third-order valence-corrected chi connectivity index (χ3v) is 6.85. The molecular weight excluding hydrogens is 314 g/mol. The van der Waals surface area contributed by atoms with Crippen LogP contribution in [-0.2, 0) is 7.05 Å². The molecular formula is C19H31N5O. The topological polar surface area (TPSA) is 63.1 Å². The summed E-state index contributed by atoms with van der Waals surface area (Å²) in [5.41, 5.74) is 0.605. The number of nitrogens with one attached hydrogen (secondary N) is 1.